The average molecular weight is 528 g/mol. The van der Waals surface area contributed by atoms with Crippen LogP contribution >= 0.6 is 0 Å². The van der Waals surface area contributed by atoms with Gasteiger partial charge in [-0.3, -0.25) is 29.5 Å². The molecule has 8 nitrogen and oxygen atoms in total. The molecule has 3 amide bonds. The molecular formula is C31H33N3O5. The SMILES string of the molecule is C=C/C(=C\C=C(/C)COc1cccc2c1C(=O)N(C1CCC(=O)NC1=O)C2O)CN1CCc2ccccc2C1. The van der Waals surface area contributed by atoms with Crippen LogP contribution in [0.15, 0.2) is 78.4 Å². The lowest BCUT2D eigenvalue weighted by Gasteiger charge is -2.31. The smallest absolute Gasteiger partial charge is 0.261 e. The lowest BCUT2D eigenvalue weighted by Crippen LogP contribution is -2.53. The Morgan fingerprint density at radius 3 is 2.67 bits per heavy atom. The van der Waals surface area contributed by atoms with Gasteiger partial charge in [0.05, 0.1) is 5.56 Å². The van der Waals surface area contributed by atoms with Gasteiger partial charge >= 0.3 is 0 Å². The van der Waals surface area contributed by atoms with Crippen LogP contribution in [-0.2, 0) is 22.6 Å². The Hall–Kier alpha value is -4.01. The Labute approximate surface area is 228 Å². The number of hydrogen-bond acceptors (Lipinski definition) is 6. The molecule has 202 valence electrons. The predicted octanol–water partition coefficient (Wildman–Crippen LogP) is 3.43. The van der Waals surface area contributed by atoms with Crippen LogP contribution in [-0.4, -0.2) is 58.4 Å². The summed E-state index contributed by atoms with van der Waals surface area (Å²) in [6.07, 6.45) is 5.95. The Morgan fingerprint density at radius 2 is 1.90 bits per heavy atom. The molecule has 8 heteroatoms. The number of nitrogens with zero attached hydrogens (tertiary/aromatic N) is 2. The van der Waals surface area contributed by atoms with Crippen molar-refractivity contribution in [2.24, 2.45) is 0 Å². The lowest BCUT2D eigenvalue weighted by molar-refractivity contribution is -0.139. The van der Waals surface area contributed by atoms with Crippen LogP contribution in [0, 0.1) is 0 Å². The van der Waals surface area contributed by atoms with Gasteiger partial charge in [0, 0.05) is 31.6 Å². The molecule has 0 radical (unpaired) electrons. The van der Waals surface area contributed by atoms with Gasteiger partial charge in [-0.2, -0.15) is 0 Å². The Bertz CT molecular complexity index is 1380. The highest BCUT2D eigenvalue weighted by Crippen LogP contribution is 2.39. The summed E-state index contributed by atoms with van der Waals surface area (Å²) < 4.78 is 6.02. The van der Waals surface area contributed by atoms with E-state index in [1.807, 2.05) is 25.2 Å². The molecule has 2 N–H and O–H groups in total. The minimum atomic E-state index is -1.28. The third-order valence-electron chi connectivity index (χ3n) is 7.51. The van der Waals surface area contributed by atoms with Crippen molar-refractivity contribution >= 4 is 17.7 Å². The van der Waals surface area contributed by atoms with Gasteiger partial charge in [-0.15, -0.1) is 0 Å². The fraction of sp³-hybridized carbons (Fsp3) is 0.323. The van der Waals surface area contributed by atoms with Crippen LogP contribution in [0.5, 0.6) is 5.75 Å². The number of allylic oxidation sites excluding steroid dienone is 2. The molecule has 2 unspecified atom stereocenters. The van der Waals surface area contributed by atoms with E-state index in [1.165, 1.54) is 11.1 Å². The third kappa shape index (κ3) is 5.57. The molecule has 3 heterocycles. The van der Waals surface area contributed by atoms with Gasteiger partial charge in [0.1, 0.15) is 18.4 Å². The highest BCUT2D eigenvalue weighted by atomic mass is 16.5. The van der Waals surface area contributed by atoms with E-state index in [4.69, 9.17) is 4.74 Å². The zero-order chi connectivity index (χ0) is 27.5. The lowest BCUT2D eigenvalue weighted by atomic mass is 9.99. The van der Waals surface area contributed by atoms with Gasteiger partial charge in [-0.25, -0.2) is 0 Å². The summed E-state index contributed by atoms with van der Waals surface area (Å²) in [6, 6.07) is 12.7. The first-order valence-electron chi connectivity index (χ1n) is 13.2. The molecule has 0 bridgehead atoms. The topological polar surface area (TPSA) is 99.2 Å². The molecule has 3 aliphatic rings. The number of rotatable bonds is 8. The maximum atomic E-state index is 13.3. The van der Waals surface area contributed by atoms with E-state index in [1.54, 1.807) is 18.2 Å². The van der Waals surface area contributed by atoms with Gasteiger partial charge in [-0.05, 0) is 48.1 Å². The van der Waals surface area contributed by atoms with Crippen LogP contribution < -0.4 is 10.1 Å². The summed E-state index contributed by atoms with van der Waals surface area (Å²) in [5.74, 6) is -1.09. The highest BCUT2D eigenvalue weighted by Gasteiger charge is 2.45. The number of nitrogens with one attached hydrogen (secondary N) is 1. The van der Waals surface area contributed by atoms with E-state index in [0.29, 0.717) is 11.3 Å². The van der Waals surface area contributed by atoms with Crippen molar-refractivity contribution in [1.29, 1.82) is 0 Å². The van der Waals surface area contributed by atoms with Crippen LogP contribution in [0.3, 0.4) is 0 Å². The molecule has 0 spiro atoms. The number of aliphatic hydroxyl groups excluding tert-OH is 1. The van der Waals surface area contributed by atoms with Crippen molar-refractivity contribution in [2.45, 2.75) is 45.0 Å². The van der Waals surface area contributed by atoms with E-state index >= 15 is 0 Å². The molecule has 5 rings (SSSR count). The van der Waals surface area contributed by atoms with E-state index in [-0.39, 0.29) is 30.9 Å². The summed E-state index contributed by atoms with van der Waals surface area (Å²) in [5.41, 5.74) is 5.48. The van der Waals surface area contributed by atoms with E-state index in [2.05, 4.69) is 41.1 Å². The normalized spacial score (nSPS) is 21.9. The monoisotopic (exact) mass is 527 g/mol. The molecule has 0 aliphatic carbocycles. The highest BCUT2D eigenvalue weighted by molar-refractivity contribution is 6.06. The summed E-state index contributed by atoms with van der Waals surface area (Å²) in [5, 5.41) is 13.1. The largest absolute Gasteiger partial charge is 0.488 e. The van der Waals surface area contributed by atoms with E-state index in [0.717, 1.165) is 42.1 Å². The minimum absolute atomic E-state index is 0.113. The molecule has 2 aromatic rings. The quantitative estimate of drug-likeness (QED) is 0.403. The second-order valence-corrected chi connectivity index (χ2v) is 10.3. The number of fused-ring (bicyclic) bond motifs is 2. The average Bonchev–Trinajstić information content (AvgIpc) is 3.19. The molecular weight excluding hydrogens is 494 g/mol. The summed E-state index contributed by atoms with van der Waals surface area (Å²) in [6.45, 7) is 8.90. The van der Waals surface area contributed by atoms with Crippen LogP contribution in [0.2, 0.25) is 0 Å². The maximum absolute atomic E-state index is 13.3. The Kier molecular flexibility index (Phi) is 7.77. The molecule has 0 saturated carbocycles. The van der Waals surface area contributed by atoms with E-state index in [9.17, 15) is 19.5 Å². The van der Waals surface area contributed by atoms with Crippen molar-refractivity contribution < 1.29 is 24.2 Å². The van der Waals surface area contributed by atoms with Crippen molar-refractivity contribution in [3.63, 3.8) is 0 Å². The van der Waals surface area contributed by atoms with Crippen molar-refractivity contribution in [2.75, 3.05) is 19.7 Å². The number of carbonyl (C=O) groups excluding carboxylic acids is 3. The maximum Gasteiger partial charge on any atom is 0.261 e. The van der Waals surface area contributed by atoms with Gasteiger partial charge in [0.2, 0.25) is 11.8 Å². The fourth-order valence-electron chi connectivity index (χ4n) is 5.38. The minimum Gasteiger partial charge on any atom is -0.488 e. The number of aliphatic hydroxyl groups is 1. The second-order valence-electron chi connectivity index (χ2n) is 10.3. The summed E-state index contributed by atoms with van der Waals surface area (Å²) in [7, 11) is 0. The molecule has 2 aromatic carbocycles. The Morgan fingerprint density at radius 1 is 1.10 bits per heavy atom. The van der Waals surface area contributed by atoms with Crippen molar-refractivity contribution in [3.05, 3.63) is 101 Å². The van der Waals surface area contributed by atoms with Gasteiger partial charge in [-0.1, -0.05) is 61.2 Å². The first-order valence-corrected chi connectivity index (χ1v) is 13.2. The number of benzene rings is 2. The van der Waals surface area contributed by atoms with Crippen LogP contribution in [0.25, 0.3) is 0 Å². The zero-order valence-electron chi connectivity index (χ0n) is 22.1. The molecule has 2 atom stereocenters. The fourth-order valence-corrected chi connectivity index (χ4v) is 5.38. The third-order valence-corrected chi connectivity index (χ3v) is 7.51. The number of hydrogen-bond donors (Lipinski definition) is 2. The molecule has 3 aliphatic heterocycles. The Balaban J connectivity index is 1.24. The van der Waals surface area contributed by atoms with Gasteiger partial charge in [0.15, 0.2) is 6.23 Å². The predicted molar refractivity (Wildman–Crippen MR) is 147 cm³/mol. The molecule has 39 heavy (non-hydrogen) atoms. The van der Waals surface area contributed by atoms with Crippen LogP contribution in [0.4, 0.5) is 0 Å². The first kappa shape index (κ1) is 26.6. The van der Waals surface area contributed by atoms with Crippen LogP contribution in [0.1, 0.15) is 53.0 Å². The summed E-state index contributed by atoms with van der Waals surface area (Å²) in [4.78, 5) is 40.8. The van der Waals surface area contributed by atoms with Crippen molar-refractivity contribution in [3.8, 4) is 5.75 Å². The first-order chi connectivity index (χ1) is 18.9. The standard InChI is InChI=1S/C31H33N3O5/c1-3-21(17-33-16-15-22-7-4-5-8-23(22)18-33)12-11-20(2)19-39-26-10-6-9-24-28(26)31(38)34(30(24)37)25-13-14-27(35)32-29(25)36/h3-12,25,30,37H,1,13-19H2,2H3,(H,32,35,36)/b20-11+,21-12+. The number of carbonyl (C=O) groups is 3. The number of piperidine rings is 1. The number of ether oxygens (including phenoxy) is 1. The second kappa shape index (κ2) is 11.4. The van der Waals surface area contributed by atoms with Crippen molar-refractivity contribution in [1.82, 2.24) is 15.1 Å². The number of imide groups is 1. The molecule has 0 aromatic heterocycles. The van der Waals surface area contributed by atoms with Gasteiger partial charge < -0.3 is 9.84 Å². The molecule has 1 saturated heterocycles. The van der Waals surface area contributed by atoms with Gasteiger partial charge in [0.25, 0.3) is 5.91 Å². The zero-order valence-corrected chi connectivity index (χ0v) is 22.1. The molecule has 1 fully saturated rings. The summed E-state index contributed by atoms with van der Waals surface area (Å²) >= 11 is 0. The van der Waals surface area contributed by atoms with E-state index < -0.39 is 24.1 Å². The number of amides is 3.